The largest absolute Gasteiger partial charge is 0.377 e. The highest BCUT2D eigenvalue weighted by molar-refractivity contribution is 7.89. The van der Waals surface area contributed by atoms with Crippen molar-refractivity contribution in [2.75, 3.05) is 25.5 Å². The lowest BCUT2D eigenvalue weighted by atomic mass is 9.98. The number of nitrogens with one attached hydrogen (secondary N) is 2. The lowest BCUT2D eigenvalue weighted by molar-refractivity contribution is 0.0321. The van der Waals surface area contributed by atoms with Crippen molar-refractivity contribution in [1.29, 1.82) is 0 Å². The Bertz CT molecular complexity index is 542. The van der Waals surface area contributed by atoms with Crippen LogP contribution in [0.15, 0.2) is 23.2 Å². The van der Waals surface area contributed by atoms with E-state index >= 15 is 0 Å². The standard InChI is InChI=1S/C14H23N3O3S/c1-15-14-11-13(7-8-16-14)21(18,19)17-9-10-20-12-5-3-2-4-6-12/h7-8,11-12,17H,2-6,9-10H2,1H3,(H,15,16). The van der Waals surface area contributed by atoms with Crippen molar-refractivity contribution >= 4 is 15.8 Å². The van der Waals surface area contributed by atoms with Gasteiger partial charge in [-0.3, -0.25) is 0 Å². The molecule has 0 amide bonds. The minimum atomic E-state index is -3.51. The Morgan fingerprint density at radius 2 is 2.10 bits per heavy atom. The summed E-state index contributed by atoms with van der Waals surface area (Å²) in [4.78, 5) is 4.21. The van der Waals surface area contributed by atoms with Gasteiger partial charge in [0.15, 0.2) is 0 Å². The summed E-state index contributed by atoms with van der Waals surface area (Å²) in [5.74, 6) is 0.524. The quantitative estimate of drug-likeness (QED) is 0.750. The van der Waals surface area contributed by atoms with Gasteiger partial charge in [0.1, 0.15) is 5.82 Å². The van der Waals surface area contributed by atoms with Crippen molar-refractivity contribution in [2.24, 2.45) is 0 Å². The minimum absolute atomic E-state index is 0.208. The van der Waals surface area contributed by atoms with Crippen molar-refractivity contribution in [2.45, 2.75) is 43.1 Å². The lowest BCUT2D eigenvalue weighted by Crippen LogP contribution is -2.29. The molecule has 1 heterocycles. The van der Waals surface area contributed by atoms with Crippen molar-refractivity contribution in [3.05, 3.63) is 18.3 Å². The average Bonchev–Trinajstić information content (AvgIpc) is 2.53. The van der Waals surface area contributed by atoms with E-state index in [2.05, 4.69) is 15.0 Å². The predicted octanol–water partition coefficient (Wildman–Crippen LogP) is 1.75. The molecule has 0 saturated heterocycles. The summed E-state index contributed by atoms with van der Waals surface area (Å²) in [6.45, 7) is 0.698. The Labute approximate surface area is 126 Å². The highest BCUT2D eigenvalue weighted by atomic mass is 32.2. The van der Waals surface area contributed by atoms with Crippen LogP contribution in [0.3, 0.4) is 0 Å². The molecule has 0 bridgehead atoms. The van der Waals surface area contributed by atoms with Crippen LogP contribution in [0.2, 0.25) is 0 Å². The Morgan fingerprint density at radius 3 is 2.81 bits per heavy atom. The molecule has 6 nitrogen and oxygen atoms in total. The van der Waals surface area contributed by atoms with Gasteiger partial charge in [-0.05, 0) is 18.9 Å². The first-order valence-corrected chi connectivity index (χ1v) is 8.85. The van der Waals surface area contributed by atoms with E-state index in [1.165, 1.54) is 37.6 Å². The smallest absolute Gasteiger partial charge is 0.240 e. The van der Waals surface area contributed by atoms with Crippen LogP contribution in [0.1, 0.15) is 32.1 Å². The topological polar surface area (TPSA) is 80.3 Å². The molecule has 1 aliphatic rings. The van der Waals surface area contributed by atoms with E-state index in [9.17, 15) is 8.42 Å². The number of sulfonamides is 1. The van der Waals surface area contributed by atoms with Crippen molar-refractivity contribution in [1.82, 2.24) is 9.71 Å². The van der Waals surface area contributed by atoms with Crippen molar-refractivity contribution < 1.29 is 13.2 Å². The first-order chi connectivity index (χ1) is 10.1. The molecule has 2 rings (SSSR count). The highest BCUT2D eigenvalue weighted by Gasteiger charge is 2.16. The van der Waals surface area contributed by atoms with Crippen LogP contribution in [-0.4, -0.2) is 39.7 Å². The second kappa shape index (κ2) is 7.72. The normalized spacial score (nSPS) is 16.8. The van der Waals surface area contributed by atoms with Crippen LogP contribution < -0.4 is 10.0 Å². The number of pyridine rings is 1. The van der Waals surface area contributed by atoms with Crippen LogP contribution in [0, 0.1) is 0 Å². The molecule has 0 radical (unpaired) electrons. The summed E-state index contributed by atoms with van der Waals surface area (Å²) in [5.41, 5.74) is 0. The molecule has 21 heavy (non-hydrogen) atoms. The van der Waals surface area contributed by atoms with Gasteiger partial charge in [-0.1, -0.05) is 19.3 Å². The summed E-state index contributed by atoms with van der Waals surface area (Å²) in [7, 11) is -1.81. The number of aromatic nitrogens is 1. The third kappa shape index (κ3) is 4.94. The highest BCUT2D eigenvalue weighted by Crippen LogP contribution is 2.20. The molecule has 0 spiro atoms. The number of hydrogen-bond donors (Lipinski definition) is 2. The zero-order valence-electron chi connectivity index (χ0n) is 12.3. The Kier molecular flexibility index (Phi) is 5.96. The summed E-state index contributed by atoms with van der Waals surface area (Å²) in [6.07, 6.45) is 7.63. The van der Waals surface area contributed by atoms with E-state index in [-0.39, 0.29) is 11.4 Å². The fourth-order valence-corrected chi connectivity index (χ4v) is 3.46. The lowest BCUT2D eigenvalue weighted by Gasteiger charge is -2.22. The van der Waals surface area contributed by atoms with Crippen LogP contribution >= 0.6 is 0 Å². The molecule has 2 N–H and O–H groups in total. The average molecular weight is 313 g/mol. The number of ether oxygens (including phenoxy) is 1. The van der Waals surface area contributed by atoms with Crippen molar-refractivity contribution in [3.63, 3.8) is 0 Å². The molecular weight excluding hydrogens is 290 g/mol. The van der Waals surface area contributed by atoms with Gasteiger partial charge in [0.2, 0.25) is 10.0 Å². The zero-order valence-corrected chi connectivity index (χ0v) is 13.2. The van der Waals surface area contributed by atoms with E-state index in [1.54, 1.807) is 7.05 Å². The molecule has 0 aromatic carbocycles. The third-order valence-electron chi connectivity index (χ3n) is 3.60. The second-order valence-electron chi connectivity index (χ2n) is 5.16. The van der Waals surface area contributed by atoms with E-state index in [1.807, 2.05) is 0 Å². The van der Waals surface area contributed by atoms with Crippen LogP contribution in [-0.2, 0) is 14.8 Å². The van der Waals surface area contributed by atoms with Crippen LogP contribution in [0.4, 0.5) is 5.82 Å². The molecule has 1 aromatic heterocycles. The molecule has 0 unspecified atom stereocenters. The molecule has 118 valence electrons. The van der Waals surface area contributed by atoms with Crippen LogP contribution in [0.5, 0.6) is 0 Å². The number of anilines is 1. The monoisotopic (exact) mass is 313 g/mol. The van der Waals surface area contributed by atoms with Crippen LogP contribution in [0.25, 0.3) is 0 Å². The maximum Gasteiger partial charge on any atom is 0.240 e. The van der Waals surface area contributed by atoms with Gasteiger partial charge in [-0.25, -0.2) is 18.1 Å². The SMILES string of the molecule is CNc1cc(S(=O)(=O)NCCOC2CCCCC2)ccn1. The number of hydrogen-bond acceptors (Lipinski definition) is 5. The van der Waals surface area contributed by atoms with Gasteiger partial charge in [0.25, 0.3) is 0 Å². The van der Waals surface area contributed by atoms with Gasteiger partial charge < -0.3 is 10.1 Å². The number of rotatable bonds is 7. The molecule has 1 saturated carbocycles. The minimum Gasteiger partial charge on any atom is -0.377 e. The van der Waals surface area contributed by atoms with E-state index in [4.69, 9.17) is 4.74 Å². The molecule has 0 aliphatic heterocycles. The molecular formula is C14H23N3O3S. The van der Waals surface area contributed by atoms with Gasteiger partial charge in [-0.2, -0.15) is 0 Å². The predicted molar refractivity (Wildman–Crippen MR) is 81.8 cm³/mol. The van der Waals surface area contributed by atoms with E-state index in [0.717, 1.165) is 12.8 Å². The maximum atomic E-state index is 12.1. The fourth-order valence-electron chi connectivity index (χ4n) is 2.43. The Hall–Kier alpha value is -1.18. The second-order valence-corrected chi connectivity index (χ2v) is 6.92. The van der Waals surface area contributed by atoms with Gasteiger partial charge in [0, 0.05) is 25.9 Å². The Balaban J connectivity index is 1.80. The molecule has 1 fully saturated rings. The summed E-state index contributed by atoms with van der Waals surface area (Å²) in [5, 5.41) is 2.82. The molecule has 1 aliphatic carbocycles. The molecule has 7 heteroatoms. The van der Waals surface area contributed by atoms with Gasteiger partial charge in [0.05, 0.1) is 17.6 Å². The Morgan fingerprint density at radius 1 is 1.33 bits per heavy atom. The van der Waals surface area contributed by atoms with Gasteiger partial charge >= 0.3 is 0 Å². The number of nitrogens with zero attached hydrogens (tertiary/aromatic N) is 1. The maximum absolute atomic E-state index is 12.1. The third-order valence-corrected chi connectivity index (χ3v) is 5.06. The van der Waals surface area contributed by atoms with Gasteiger partial charge in [-0.15, -0.1) is 0 Å². The summed E-state index contributed by atoms with van der Waals surface area (Å²) in [6, 6.07) is 2.98. The molecule has 0 atom stereocenters. The van der Waals surface area contributed by atoms with E-state index in [0.29, 0.717) is 18.5 Å². The van der Waals surface area contributed by atoms with E-state index < -0.39 is 10.0 Å². The zero-order chi connectivity index (χ0) is 15.1. The first kappa shape index (κ1) is 16.2. The first-order valence-electron chi connectivity index (χ1n) is 7.37. The summed E-state index contributed by atoms with van der Waals surface area (Å²) >= 11 is 0. The fraction of sp³-hybridized carbons (Fsp3) is 0.643. The summed E-state index contributed by atoms with van der Waals surface area (Å²) < 4.78 is 32.5. The van der Waals surface area contributed by atoms with Crippen molar-refractivity contribution in [3.8, 4) is 0 Å². The molecule has 1 aromatic rings.